The van der Waals surface area contributed by atoms with E-state index >= 15 is 0 Å². The molecule has 0 aromatic heterocycles. The molecule has 0 spiro atoms. The first-order valence-electron chi connectivity index (χ1n) is 3.10. The largest absolute Gasteiger partial charge is 0.355 e. The van der Waals surface area contributed by atoms with E-state index in [9.17, 15) is 0 Å². The van der Waals surface area contributed by atoms with Crippen LogP contribution in [0.15, 0.2) is 0 Å². The summed E-state index contributed by atoms with van der Waals surface area (Å²) in [7, 11) is 0. The van der Waals surface area contributed by atoms with Crippen LogP contribution in [0.4, 0.5) is 0 Å². The van der Waals surface area contributed by atoms with Gasteiger partial charge in [-0.2, -0.15) is 0 Å². The first kappa shape index (κ1) is 9.25. The van der Waals surface area contributed by atoms with Gasteiger partial charge in [-0.15, -0.1) is 0 Å². The number of rotatable bonds is 1. The van der Waals surface area contributed by atoms with Crippen LogP contribution >= 0.6 is 11.6 Å². The Morgan fingerprint density at radius 2 is 1.33 bits per heavy atom. The summed E-state index contributed by atoms with van der Waals surface area (Å²) in [5.74, 6) is 0. The molecule has 0 saturated carbocycles. The van der Waals surface area contributed by atoms with E-state index in [1.165, 1.54) is 0 Å². The summed E-state index contributed by atoms with van der Waals surface area (Å²) in [6.07, 6.45) is 0. The normalized spacial score (nSPS) is 14.0. The molecule has 0 aromatic rings. The van der Waals surface area contributed by atoms with Crippen LogP contribution in [0.2, 0.25) is 0 Å². The van der Waals surface area contributed by atoms with Crippen LogP contribution in [-0.2, 0) is 4.74 Å². The number of hydrogen-bond donors (Lipinski definition) is 0. The Hall–Kier alpha value is 0.250. The van der Waals surface area contributed by atoms with Crippen molar-refractivity contribution in [2.45, 2.75) is 45.3 Å². The summed E-state index contributed by atoms with van der Waals surface area (Å²) in [5.41, 5.74) is -0.148. The van der Waals surface area contributed by atoms with Gasteiger partial charge in [-0.3, -0.25) is 0 Å². The van der Waals surface area contributed by atoms with Crippen molar-refractivity contribution in [1.29, 1.82) is 0 Å². The molecule has 0 aliphatic rings. The Labute approximate surface area is 62.3 Å². The minimum Gasteiger partial charge on any atom is -0.355 e. The standard InChI is InChI=1S/C7H15ClO/c1-6(2,3)9-7(4,5)8/h1-5H3. The van der Waals surface area contributed by atoms with Crippen LogP contribution < -0.4 is 0 Å². The maximum absolute atomic E-state index is 5.80. The quantitative estimate of drug-likeness (QED) is 0.523. The predicted octanol–water partition coefficient (Wildman–Crippen LogP) is 2.78. The number of ether oxygens (including phenoxy) is 1. The van der Waals surface area contributed by atoms with Crippen molar-refractivity contribution < 1.29 is 4.74 Å². The van der Waals surface area contributed by atoms with Gasteiger partial charge in [0, 0.05) is 0 Å². The smallest absolute Gasteiger partial charge is 0.136 e. The Morgan fingerprint density at radius 3 is 1.33 bits per heavy atom. The fourth-order valence-corrected chi connectivity index (χ4v) is 0.960. The van der Waals surface area contributed by atoms with Gasteiger partial charge in [0.15, 0.2) is 0 Å². The van der Waals surface area contributed by atoms with Gasteiger partial charge < -0.3 is 4.74 Å². The molecule has 56 valence electrons. The SMILES string of the molecule is CC(C)(C)OC(C)(C)Cl. The molecular weight excluding hydrogens is 136 g/mol. The lowest BCUT2D eigenvalue weighted by Gasteiger charge is -2.28. The van der Waals surface area contributed by atoms with E-state index in [4.69, 9.17) is 16.3 Å². The van der Waals surface area contributed by atoms with Gasteiger partial charge in [-0.1, -0.05) is 11.6 Å². The second-order valence-corrected chi connectivity index (χ2v) is 4.49. The van der Waals surface area contributed by atoms with Gasteiger partial charge in [0.2, 0.25) is 0 Å². The lowest BCUT2D eigenvalue weighted by molar-refractivity contribution is -0.0663. The first-order chi connectivity index (χ1) is 3.71. The lowest BCUT2D eigenvalue weighted by atomic mass is 10.2. The molecule has 0 aliphatic heterocycles. The molecule has 0 unspecified atom stereocenters. The van der Waals surface area contributed by atoms with Gasteiger partial charge in [0.05, 0.1) is 5.60 Å². The molecule has 0 bridgehead atoms. The molecule has 9 heavy (non-hydrogen) atoms. The van der Waals surface area contributed by atoms with Crippen molar-refractivity contribution in [2.75, 3.05) is 0 Å². The van der Waals surface area contributed by atoms with E-state index in [2.05, 4.69) is 0 Å². The van der Waals surface area contributed by atoms with Gasteiger partial charge in [-0.05, 0) is 34.6 Å². The molecule has 0 saturated heterocycles. The average Bonchev–Trinajstić information content (AvgIpc) is 1.14. The van der Waals surface area contributed by atoms with Crippen molar-refractivity contribution in [2.24, 2.45) is 0 Å². The topological polar surface area (TPSA) is 9.23 Å². The Kier molecular flexibility index (Phi) is 2.54. The maximum Gasteiger partial charge on any atom is 0.136 e. The zero-order valence-corrected chi connectivity index (χ0v) is 7.54. The van der Waals surface area contributed by atoms with Crippen LogP contribution in [0.25, 0.3) is 0 Å². The average molecular weight is 151 g/mol. The molecule has 0 N–H and O–H groups in total. The van der Waals surface area contributed by atoms with Crippen molar-refractivity contribution in [3.63, 3.8) is 0 Å². The van der Waals surface area contributed by atoms with E-state index < -0.39 is 5.06 Å². The zero-order valence-electron chi connectivity index (χ0n) is 6.79. The van der Waals surface area contributed by atoms with E-state index in [0.29, 0.717) is 0 Å². The summed E-state index contributed by atoms with van der Waals surface area (Å²) >= 11 is 5.80. The number of alkyl halides is 1. The number of hydrogen-bond acceptors (Lipinski definition) is 1. The van der Waals surface area contributed by atoms with Crippen molar-refractivity contribution in [1.82, 2.24) is 0 Å². The molecule has 0 amide bonds. The van der Waals surface area contributed by atoms with Gasteiger partial charge in [0.25, 0.3) is 0 Å². The maximum atomic E-state index is 5.80. The highest BCUT2D eigenvalue weighted by atomic mass is 35.5. The molecule has 0 heterocycles. The lowest BCUT2D eigenvalue weighted by Crippen LogP contribution is -2.29. The predicted molar refractivity (Wildman–Crippen MR) is 40.8 cm³/mol. The molecule has 0 rings (SSSR count). The fraction of sp³-hybridized carbons (Fsp3) is 1.00. The highest BCUT2D eigenvalue weighted by Gasteiger charge is 2.22. The van der Waals surface area contributed by atoms with Gasteiger partial charge in [0.1, 0.15) is 5.06 Å². The van der Waals surface area contributed by atoms with E-state index in [1.807, 2.05) is 34.6 Å². The van der Waals surface area contributed by atoms with Crippen LogP contribution in [-0.4, -0.2) is 10.7 Å². The molecule has 0 aliphatic carbocycles. The number of halogens is 1. The highest BCUT2D eigenvalue weighted by Crippen LogP contribution is 2.22. The van der Waals surface area contributed by atoms with Gasteiger partial charge in [-0.25, -0.2) is 0 Å². The van der Waals surface area contributed by atoms with Crippen molar-refractivity contribution >= 4 is 11.6 Å². The molecule has 0 atom stereocenters. The third-order valence-corrected chi connectivity index (χ3v) is 0.626. The third kappa shape index (κ3) is 8.25. The van der Waals surface area contributed by atoms with Crippen molar-refractivity contribution in [3.05, 3.63) is 0 Å². The van der Waals surface area contributed by atoms with Crippen LogP contribution in [0.1, 0.15) is 34.6 Å². The van der Waals surface area contributed by atoms with Gasteiger partial charge >= 0.3 is 0 Å². The molecule has 1 nitrogen and oxygen atoms in total. The summed E-state index contributed by atoms with van der Waals surface area (Å²) in [5, 5.41) is -0.543. The van der Waals surface area contributed by atoms with E-state index in [0.717, 1.165) is 0 Å². The molecule has 0 fully saturated rings. The molecular formula is C7H15ClO. The first-order valence-corrected chi connectivity index (χ1v) is 3.48. The summed E-state index contributed by atoms with van der Waals surface area (Å²) in [4.78, 5) is 0. The Balaban J connectivity index is 3.75. The summed E-state index contributed by atoms with van der Waals surface area (Å²) in [6.45, 7) is 9.62. The molecule has 2 heteroatoms. The van der Waals surface area contributed by atoms with E-state index in [-0.39, 0.29) is 5.60 Å². The molecule has 0 radical (unpaired) electrons. The van der Waals surface area contributed by atoms with E-state index in [1.54, 1.807) is 0 Å². The summed E-state index contributed by atoms with van der Waals surface area (Å²) in [6, 6.07) is 0. The molecule has 0 aromatic carbocycles. The Morgan fingerprint density at radius 1 is 1.00 bits per heavy atom. The minimum atomic E-state index is -0.543. The highest BCUT2D eigenvalue weighted by molar-refractivity contribution is 6.22. The zero-order chi connectivity index (χ0) is 7.71. The summed E-state index contributed by atoms with van der Waals surface area (Å²) < 4.78 is 5.39. The minimum absolute atomic E-state index is 0.148. The van der Waals surface area contributed by atoms with Crippen LogP contribution in [0, 0.1) is 0 Å². The second-order valence-electron chi connectivity index (χ2n) is 3.58. The third-order valence-electron chi connectivity index (χ3n) is 0.549. The van der Waals surface area contributed by atoms with Crippen LogP contribution in [0.3, 0.4) is 0 Å². The Bertz CT molecular complexity index is 74.1. The fourth-order valence-electron chi connectivity index (χ4n) is 0.728. The monoisotopic (exact) mass is 150 g/mol. The van der Waals surface area contributed by atoms with Crippen LogP contribution in [0.5, 0.6) is 0 Å². The second kappa shape index (κ2) is 2.47. The van der Waals surface area contributed by atoms with Crippen molar-refractivity contribution in [3.8, 4) is 0 Å².